The van der Waals surface area contributed by atoms with Crippen LogP contribution in [0.2, 0.25) is 0 Å². The quantitative estimate of drug-likeness (QED) is 0.617. The van der Waals surface area contributed by atoms with E-state index < -0.39 is 0 Å². The molecule has 0 spiro atoms. The highest BCUT2D eigenvalue weighted by Gasteiger charge is 2.34. The Balaban J connectivity index is 2.27. The van der Waals surface area contributed by atoms with Crippen molar-refractivity contribution in [2.45, 2.75) is 39.0 Å². The summed E-state index contributed by atoms with van der Waals surface area (Å²) in [7, 11) is 0. The van der Waals surface area contributed by atoms with E-state index in [1.54, 1.807) is 0 Å². The Kier molecular flexibility index (Phi) is 2.72. The Labute approximate surface area is 69.7 Å². The molecule has 0 aliphatic heterocycles. The van der Waals surface area contributed by atoms with E-state index >= 15 is 0 Å². The van der Waals surface area contributed by atoms with Gasteiger partial charge in [0.1, 0.15) is 0 Å². The fraction of sp³-hybridized carbons (Fsp3) is 0.800. The van der Waals surface area contributed by atoms with Crippen molar-refractivity contribution in [3.05, 3.63) is 12.2 Å². The van der Waals surface area contributed by atoms with E-state index in [1.165, 1.54) is 31.3 Å². The Morgan fingerprint density at radius 2 is 2.18 bits per heavy atom. The maximum Gasteiger partial charge on any atom is -0.00204 e. The molecule has 11 heavy (non-hydrogen) atoms. The topological polar surface area (TPSA) is 26.0 Å². The molecule has 1 aliphatic carbocycles. The van der Waals surface area contributed by atoms with E-state index in [4.69, 9.17) is 5.73 Å². The Bertz CT molecular complexity index is 139. The second-order valence-corrected chi connectivity index (χ2v) is 4.01. The van der Waals surface area contributed by atoms with Gasteiger partial charge in [0, 0.05) is 0 Å². The fourth-order valence-corrected chi connectivity index (χ4v) is 1.71. The van der Waals surface area contributed by atoms with Crippen LogP contribution in [0, 0.1) is 5.41 Å². The SMILES string of the molecule is C=C(C)CCC1(CN)CCC1. The van der Waals surface area contributed by atoms with Gasteiger partial charge in [-0.3, -0.25) is 0 Å². The van der Waals surface area contributed by atoms with E-state index in [0.717, 1.165) is 13.0 Å². The first-order chi connectivity index (χ1) is 5.18. The van der Waals surface area contributed by atoms with Crippen molar-refractivity contribution in [3.8, 4) is 0 Å². The highest BCUT2D eigenvalue weighted by atomic mass is 14.6. The van der Waals surface area contributed by atoms with Gasteiger partial charge in [0.25, 0.3) is 0 Å². The molecular formula is C10H19N. The number of hydrogen-bond donors (Lipinski definition) is 1. The standard InChI is InChI=1S/C10H19N/c1-9(2)4-7-10(8-11)5-3-6-10/h1,3-8,11H2,2H3. The van der Waals surface area contributed by atoms with Crippen molar-refractivity contribution >= 4 is 0 Å². The third-order valence-electron chi connectivity index (χ3n) is 2.93. The monoisotopic (exact) mass is 153 g/mol. The van der Waals surface area contributed by atoms with Crippen LogP contribution in [0.3, 0.4) is 0 Å². The molecule has 0 aromatic carbocycles. The van der Waals surface area contributed by atoms with Crippen molar-refractivity contribution in [1.82, 2.24) is 0 Å². The third-order valence-corrected chi connectivity index (χ3v) is 2.93. The second kappa shape index (κ2) is 3.40. The molecule has 0 unspecified atom stereocenters. The summed E-state index contributed by atoms with van der Waals surface area (Å²) in [5.74, 6) is 0. The van der Waals surface area contributed by atoms with Crippen LogP contribution >= 0.6 is 0 Å². The van der Waals surface area contributed by atoms with Gasteiger partial charge in [-0.15, -0.1) is 6.58 Å². The molecule has 0 radical (unpaired) electrons. The molecule has 0 bridgehead atoms. The molecule has 1 fully saturated rings. The van der Waals surface area contributed by atoms with Crippen molar-refractivity contribution in [1.29, 1.82) is 0 Å². The maximum absolute atomic E-state index is 5.73. The van der Waals surface area contributed by atoms with E-state index in [2.05, 4.69) is 13.5 Å². The van der Waals surface area contributed by atoms with Crippen LogP contribution in [0.25, 0.3) is 0 Å². The van der Waals surface area contributed by atoms with Gasteiger partial charge < -0.3 is 5.73 Å². The molecule has 1 rings (SSSR count). The maximum atomic E-state index is 5.73. The minimum Gasteiger partial charge on any atom is -0.330 e. The molecule has 1 saturated carbocycles. The molecule has 0 aromatic rings. The number of rotatable bonds is 4. The van der Waals surface area contributed by atoms with Crippen molar-refractivity contribution in [3.63, 3.8) is 0 Å². The average Bonchev–Trinajstić information content (AvgIpc) is 1.86. The van der Waals surface area contributed by atoms with Crippen LogP contribution < -0.4 is 5.73 Å². The lowest BCUT2D eigenvalue weighted by Gasteiger charge is -2.41. The lowest BCUT2D eigenvalue weighted by atomic mass is 9.66. The fourth-order valence-electron chi connectivity index (χ4n) is 1.71. The van der Waals surface area contributed by atoms with Gasteiger partial charge in [-0.1, -0.05) is 12.0 Å². The summed E-state index contributed by atoms with van der Waals surface area (Å²) in [4.78, 5) is 0. The summed E-state index contributed by atoms with van der Waals surface area (Å²) in [6.45, 7) is 6.89. The highest BCUT2D eigenvalue weighted by Crippen LogP contribution is 2.44. The number of nitrogens with two attached hydrogens (primary N) is 1. The average molecular weight is 153 g/mol. The lowest BCUT2D eigenvalue weighted by Crippen LogP contribution is -2.37. The van der Waals surface area contributed by atoms with Crippen molar-refractivity contribution in [2.75, 3.05) is 6.54 Å². The van der Waals surface area contributed by atoms with E-state index in [1.807, 2.05) is 0 Å². The summed E-state index contributed by atoms with van der Waals surface area (Å²) in [6.07, 6.45) is 6.50. The molecule has 0 amide bonds. The van der Waals surface area contributed by atoms with Crippen LogP contribution in [0.15, 0.2) is 12.2 Å². The molecule has 1 nitrogen and oxygen atoms in total. The molecule has 0 heterocycles. The largest absolute Gasteiger partial charge is 0.330 e. The van der Waals surface area contributed by atoms with Crippen LogP contribution in [0.4, 0.5) is 0 Å². The molecule has 1 heteroatoms. The Morgan fingerprint density at radius 1 is 1.55 bits per heavy atom. The van der Waals surface area contributed by atoms with E-state index in [0.29, 0.717) is 5.41 Å². The molecule has 0 aromatic heterocycles. The zero-order valence-corrected chi connectivity index (χ0v) is 7.53. The summed E-state index contributed by atoms with van der Waals surface area (Å²) in [5.41, 5.74) is 7.53. The van der Waals surface area contributed by atoms with Crippen molar-refractivity contribution in [2.24, 2.45) is 11.1 Å². The van der Waals surface area contributed by atoms with Crippen molar-refractivity contribution < 1.29 is 0 Å². The first kappa shape index (κ1) is 8.79. The zero-order chi connectivity index (χ0) is 8.32. The van der Waals surface area contributed by atoms with Gasteiger partial charge in [0.15, 0.2) is 0 Å². The van der Waals surface area contributed by atoms with Crippen LogP contribution in [-0.2, 0) is 0 Å². The zero-order valence-electron chi connectivity index (χ0n) is 7.53. The summed E-state index contributed by atoms with van der Waals surface area (Å²) in [6, 6.07) is 0. The van der Waals surface area contributed by atoms with Gasteiger partial charge in [-0.25, -0.2) is 0 Å². The Hall–Kier alpha value is -0.300. The summed E-state index contributed by atoms with van der Waals surface area (Å²) in [5, 5.41) is 0. The lowest BCUT2D eigenvalue weighted by molar-refractivity contribution is 0.131. The first-order valence-corrected chi connectivity index (χ1v) is 4.53. The number of allylic oxidation sites excluding steroid dienone is 1. The van der Waals surface area contributed by atoms with Gasteiger partial charge >= 0.3 is 0 Å². The smallest absolute Gasteiger partial charge is 0.00204 e. The highest BCUT2D eigenvalue weighted by molar-refractivity contribution is 4.95. The molecule has 1 aliphatic rings. The van der Waals surface area contributed by atoms with Crippen LogP contribution in [0.1, 0.15) is 39.0 Å². The van der Waals surface area contributed by atoms with E-state index in [-0.39, 0.29) is 0 Å². The van der Waals surface area contributed by atoms with Gasteiger partial charge in [-0.2, -0.15) is 0 Å². The second-order valence-electron chi connectivity index (χ2n) is 4.01. The van der Waals surface area contributed by atoms with Crippen LogP contribution in [0.5, 0.6) is 0 Å². The molecule has 64 valence electrons. The Morgan fingerprint density at radius 3 is 2.45 bits per heavy atom. The summed E-state index contributed by atoms with van der Waals surface area (Å²) < 4.78 is 0. The van der Waals surface area contributed by atoms with Crippen LogP contribution in [-0.4, -0.2) is 6.54 Å². The molecular weight excluding hydrogens is 134 g/mol. The van der Waals surface area contributed by atoms with Gasteiger partial charge in [0.05, 0.1) is 0 Å². The van der Waals surface area contributed by atoms with Gasteiger partial charge in [-0.05, 0) is 44.6 Å². The molecule has 2 N–H and O–H groups in total. The summed E-state index contributed by atoms with van der Waals surface area (Å²) >= 11 is 0. The molecule has 0 saturated heterocycles. The first-order valence-electron chi connectivity index (χ1n) is 4.53. The predicted octanol–water partition coefficient (Wildman–Crippen LogP) is 2.47. The minimum absolute atomic E-state index is 0.513. The third kappa shape index (κ3) is 2.06. The predicted molar refractivity (Wildman–Crippen MR) is 49.4 cm³/mol. The normalized spacial score (nSPS) is 20.9. The van der Waals surface area contributed by atoms with Gasteiger partial charge in [0.2, 0.25) is 0 Å². The van der Waals surface area contributed by atoms with E-state index in [9.17, 15) is 0 Å². The minimum atomic E-state index is 0.513. The molecule has 0 atom stereocenters. The number of hydrogen-bond acceptors (Lipinski definition) is 1.